The highest BCUT2D eigenvalue weighted by Crippen LogP contribution is 2.35. The molecule has 0 heterocycles. The summed E-state index contributed by atoms with van der Waals surface area (Å²) < 4.78 is 56.8. The van der Waals surface area contributed by atoms with E-state index < -0.39 is 34.7 Å². The molecule has 0 fully saturated rings. The van der Waals surface area contributed by atoms with Gasteiger partial charge in [-0.1, -0.05) is 0 Å². The van der Waals surface area contributed by atoms with Crippen LogP contribution in [0, 0.1) is 0 Å². The lowest BCUT2D eigenvalue weighted by Crippen LogP contribution is -2.51. The molecular formula is C16H42O10Si4. The average molecular weight is 507 g/mol. The summed E-state index contributed by atoms with van der Waals surface area (Å²) in [4.78, 5) is 0. The van der Waals surface area contributed by atoms with E-state index in [1.54, 1.807) is 71.1 Å². The summed E-state index contributed by atoms with van der Waals surface area (Å²) in [7, 11) is 5.70. The van der Waals surface area contributed by atoms with Crippen molar-refractivity contribution in [3.8, 4) is 0 Å². The number of hydrogen-bond donors (Lipinski definition) is 0. The second-order valence-corrected chi connectivity index (χ2v) is 20.3. The van der Waals surface area contributed by atoms with Crippen LogP contribution in [0.25, 0.3) is 0 Å². The Labute approximate surface area is 186 Å². The molecule has 0 saturated heterocycles. The zero-order chi connectivity index (χ0) is 23.3. The van der Waals surface area contributed by atoms with Crippen LogP contribution in [0.1, 0.15) is 0 Å². The molecule has 0 aromatic rings. The number of rotatable bonds is 19. The predicted octanol–water partition coefficient (Wildman–Crippen LogP) is 2.21. The van der Waals surface area contributed by atoms with E-state index in [2.05, 4.69) is 0 Å². The molecule has 0 radical (unpaired) electrons. The molecule has 0 aromatic carbocycles. The van der Waals surface area contributed by atoms with E-state index in [-0.39, 0.29) is 0 Å². The van der Waals surface area contributed by atoms with Crippen molar-refractivity contribution in [2.24, 2.45) is 0 Å². The highest BCUT2D eigenvalue weighted by atomic mass is 28.4. The molecule has 14 heteroatoms. The Morgan fingerprint density at radius 2 is 0.500 bits per heavy atom. The molecule has 0 amide bonds. The van der Waals surface area contributed by atoms with Gasteiger partial charge in [-0.3, -0.25) is 0 Å². The third kappa shape index (κ3) is 8.11. The van der Waals surface area contributed by atoms with Crippen molar-refractivity contribution in [2.75, 3.05) is 71.1 Å². The van der Waals surface area contributed by atoms with E-state index >= 15 is 0 Å². The van der Waals surface area contributed by atoms with Gasteiger partial charge in [0.2, 0.25) is 0 Å². The third-order valence-corrected chi connectivity index (χ3v) is 19.9. The van der Waals surface area contributed by atoms with Crippen molar-refractivity contribution in [1.29, 1.82) is 0 Å². The van der Waals surface area contributed by atoms with Crippen molar-refractivity contribution in [1.82, 2.24) is 0 Å². The zero-order valence-electron chi connectivity index (χ0n) is 20.3. The Morgan fingerprint density at radius 1 is 0.300 bits per heavy atom. The van der Waals surface area contributed by atoms with Crippen LogP contribution in [0.3, 0.4) is 0 Å². The van der Waals surface area contributed by atoms with Crippen molar-refractivity contribution in [3.05, 3.63) is 0 Å². The van der Waals surface area contributed by atoms with Crippen LogP contribution in [0.5, 0.6) is 0 Å². The molecule has 10 nitrogen and oxygen atoms in total. The van der Waals surface area contributed by atoms with Crippen LogP contribution in [-0.2, 0) is 44.3 Å². The average Bonchev–Trinajstić information content (AvgIpc) is 2.82. The van der Waals surface area contributed by atoms with E-state index in [1.165, 1.54) is 0 Å². The van der Waals surface area contributed by atoms with Gasteiger partial charge < -0.3 is 44.3 Å². The molecule has 0 rings (SSSR count). The highest BCUT2D eigenvalue weighted by Gasteiger charge is 2.49. The zero-order valence-corrected chi connectivity index (χ0v) is 24.3. The lowest BCUT2D eigenvalue weighted by atomic mass is 10.9. The maximum atomic E-state index is 6.23. The first kappa shape index (κ1) is 30.5. The fourth-order valence-electron chi connectivity index (χ4n) is 3.49. The lowest BCUT2D eigenvalue weighted by molar-refractivity contribution is 0.123. The molecule has 0 saturated carbocycles. The van der Waals surface area contributed by atoms with Gasteiger partial charge in [-0.25, -0.2) is 0 Å². The first-order valence-corrected chi connectivity index (χ1v) is 18.1. The predicted molar refractivity (Wildman–Crippen MR) is 122 cm³/mol. The van der Waals surface area contributed by atoms with Crippen LogP contribution < -0.4 is 0 Å². The van der Waals surface area contributed by atoms with Gasteiger partial charge in [-0.05, 0) is 18.1 Å². The van der Waals surface area contributed by atoms with Crippen LogP contribution in [0.4, 0.5) is 0 Å². The molecule has 0 unspecified atom stereocenters. The quantitative estimate of drug-likeness (QED) is 0.243. The maximum absolute atomic E-state index is 6.23. The standard InChI is InChI=1S/C16H42O10Si4/c1-17-27(11-14-28(18-2,19-3)20-4,12-15-29(21-5,22-6)23-7)13-16-30(24-8,25-9)26-10/h11-16H2,1-10H3. The summed E-state index contributed by atoms with van der Waals surface area (Å²) in [5.41, 5.74) is 0. The molecule has 0 aliphatic rings. The van der Waals surface area contributed by atoms with Crippen molar-refractivity contribution in [3.63, 3.8) is 0 Å². The lowest BCUT2D eigenvalue weighted by Gasteiger charge is -2.36. The Hall–Kier alpha value is 0.468. The van der Waals surface area contributed by atoms with E-state index in [0.29, 0.717) is 18.1 Å². The second kappa shape index (κ2) is 14.6. The summed E-state index contributed by atoms with van der Waals surface area (Å²) in [5, 5.41) is 0. The van der Waals surface area contributed by atoms with Gasteiger partial charge in [0.05, 0.1) is 0 Å². The van der Waals surface area contributed by atoms with Gasteiger partial charge in [0.15, 0.2) is 8.32 Å². The Morgan fingerprint density at radius 3 is 0.633 bits per heavy atom. The summed E-state index contributed by atoms with van der Waals surface area (Å²) in [6, 6.07) is 4.23. The maximum Gasteiger partial charge on any atom is 0.499 e. The fraction of sp³-hybridized carbons (Fsp3) is 1.00. The van der Waals surface area contributed by atoms with Crippen molar-refractivity contribution < 1.29 is 44.3 Å². The van der Waals surface area contributed by atoms with E-state index in [0.717, 1.165) is 18.1 Å². The van der Waals surface area contributed by atoms with E-state index in [1.807, 2.05) is 0 Å². The first-order chi connectivity index (χ1) is 14.2. The molecule has 0 aliphatic heterocycles. The molecule has 0 aliphatic carbocycles. The largest absolute Gasteiger partial charge is 0.499 e. The second-order valence-electron chi connectivity index (χ2n) is 6.77. The van der Waals surface area contributed by atoms with Crippen molar-refractivity contribution in [2.45, 2.75) is 36.3 Å². The Bertz CT molecular complexity index is 363. The monoisotopic (exact) mass is 506 g/mol. The molecule has 182 valence electrons. The van der Waals surface area contributed by atoms with Gasteiger partial charge in [0.1, 0.15) is 0 Å². The van der Waals surface area contributed by atoms with Crippen LogP contribution >= 0.6 is 0 Å². The molecule has 0 N–H and O–H groups in total. The minimum atomic E-state index is -2.75. The minimum absolute atomic E-state index is 0.638. The van der Waals surface area contributed by atoms with Gasteiger partial charge in [-0.2, -0.15) is 0 Å². The van der Waals surface area contributed by atoms with E-state index in [9.17, 15) is 0 Å². The van der Waals surface area contributed by atoms with Gasteiger partial charge in [0.25, 0.3) is 0 Å². The Kier molecular flexibility index (Phi) is 14.8. The van der Waals surface area contributed by atoms with Crippen molar-refractivity contribution >= 4 is 34.7 Å². The Balaban J connectivity index is 5.72. The topological polar surface area (TPSA) is 92.3 Å². The molecular weight excluding hydrogens is 465 g/mol. The molecule has 0 atom stereocenters. The molecule has 0 aromatic heterocycles. The highest BCUT2D eigenvalue weighted by molar-refractivity contribution is 6.78. The minimum Gasteiger partial charge on any atom is -0.420 e. The third-order valence-electron chi connectivity index (χ3n) is 5.89. The molecule has 0 spiro atoms. The van der Waals surface area contributed by atoms with Crippen LogP contribution in [0.15, 0.2) is 0 Å². The first-order valence-electron chi connectivity index (χ1n) is 9.75. The van der Waals surface area contributed by atoms with Crippen LogP contribution in [-0.4, -0.2) is 106 Å². The SMILES string of the molecule is CO[Si](CC[Si](OC)(OC)OC)(CC[Si](OC)(OC)OC)CC[Si](OC)(OC)OC. The normalized spacial score (nSPS) is 13.8. The fourth-order valence-corrected chi connectivity index (χ4v) is 17.3. The molecule has 0 bridgehead atoms. The van der Waals surface area contributed by atoms with Crippen LogP contribution in [0.2, 0.25) is 36.3 Å². The summed E-state index contributed by atoms with van der Waals surface area (Å²) in [5.74, 6) is 0. The molecule has 30 heavy (non-hydrogen) atoms. The summed E-state index contributed by atoms with van der Waals surface area (Å²) in [6.07, 6.45) is 0. The van der Waals surface area contributed by atoms with E-state index in [4.69, 9.17) is 44.3 Å². The number of hydrogen-bond acceptors (Lipinski definition) is 10. The smallest absolute Gasteiger partial charge is 0.420 e. The van der Waals surface area contributed by atoms with Gasteiger partial charge >= 0.3 is 26.4 Å². The van der Waals surface area contributed by atoms with Gasteiger partial charge in [-0.15, -0.1) is 0 Å². The van der Waals surface area contributed by atoms with Gasteiger partial charge in [0, 0.05) is 89.2 Å². The summed E-state index contributed by atoms with van der Waals surface area (Å²) in [6.45, 7) is 0. The summed E-state index contributed by atoms with van der Waals surface area (Å²) >= 11 is 0.